The molecule has 6 nitrogen and oxygen atoms in total. The molecule has 3 aromatic carbocycles. The topological polar surface area (TPSA) is 71.0 Å². The van der Waals surface area contributed by atoms with Gasteiger partial charge in [0.1, 0.15) is 11.0 Å². The first kappa shape index (κ1) is 25.3. The van der Waals surface area contributed by atoms with Crippen LogP contribution in [0.4, 0.5) is 24.5 Å². The highest BCUT2D eigenvalue weighted by molar-refractivity contribution is 8.15. The summed E-state index contributed by atoms with van der Waals surface area (Å²) in [5, 5.41) is 2.12. The third kappa shape index (κ3) is 6.25. The van der Waals surface area contributed by atoms with Crippen molar-refractivity contribution in [3.05, 3.63) is 90.0 Å². The van der Waals surface area contributed by atoms with Crippen molar-refractivity contribution in [3.8, 4) is 5.75 Å². The molecule has 0 aromatic heterocycles. The van der Waals surface area contributed by atoms with E-state index in [0.29, 0.717) is 11.4 Å². The first-order valence-corrected chi connectivity index (χ1v) is 11.8. The smallest absolute Gasteiger partial charge is 0.416 e. The number of amidine groups is 1. The first-order valence-electron chi connectivity index (χ1n) is 10.9. The van der Waals surface area contributed by atoms with Crippen molar-refractivity contribution in [3.63, 3.8) is 0 Å². The maximum Gasteiger partial charge on any atom is 0.416 e. The van der Waals surface area contributed by atoms with Gasteiger partial charge in [-0.1, -0.05) is 48.2 Å². The standard InChI is InChI=1S/C26H22F3N3O3S/c1-35-21-12-10-19(11-13-21)30-24(34)22-15-23(33)32(16-17-6-3-2-4-7-17)25(36-22)31-20-9-5-8-18(14-20)26(27,28)29/h2-14,22H,15-16H2,1H3,(H,30,34). The van der Waals surface area contributed by atoms with Gasteiger partial charge in [-0.2, -0.15) is 13.2 Å². The van der Waals surface area contributed by atoms with Crippen LogP contribution in [0.1, 0.15) is 17.5 Å². The number of hydrogen-bond donors (Lipinski definition) is 1. The first-order chi connectivity index (χ1) is 17.2. The van der Waals surface area contributed by atoms with Crippen LogP contribution in [0.2, 0.25) is 0 Å². The van der Waals surface area contributed by atoms with E-state index in [-0.39, 0.29) is 29.7 Å². The normalized spacial score (nSPS) is 17.2. The van der Waals surface area contributed by atoms with E-state index >= 15 is 0 Å². The lowest BCUT2D eigenvalue weighted by molar-refractivity contribution is -0.137. The second-order valence-corrected chi connectivity index (χ2v) is 9.11. The monoisotopic (exact) mass is 513 g/mol. The third-order valence-corrected chi connectivity index (χ3v) is 6.56. The Hall–Kier alpha value is -3.79. The van der Waals surface area contributed by atoms with Crippen molar-refractivity contribution in [1.82, 2.24) is 4.90 Å². The molecular formula is C26H22F3N3O3S. The summed E-state index contributed by atoms with van der Waals surface area (Å²) in [4.78, 5) is 31.9. The number of nitrogens with zero attached hydrogens (tertiary/aromatic N) is 2. The highest BCUT2D eigenvalue weighted by atomic mass is 32.2. The van der Waals surface area contributed by atoms with Crippen molar-refractivity contribution < 1.29 is 27.5 Å². The van der Waals surface area contributed by atoms with Gasteiger partial charge in [-0.25, -0.2) is 4.99 Å². The second-order valence-electron chi connectivity index (χ2n) is 7.94. The van der Waals surface area contributed by atoms with E-state index < -0.39 is 22.9 Å². The van der Waals surface area contributed by atoms with E-state index in [2.05, 4.69) is 10.3 Å². The zero-order valence-corrected chi connectivity index (χ0v) is 20.0. The number of amides is 2. The lowest BCUT2D eigenvalue weighted by Crippen LogP contribution is -2.44. The number of thioether (sulfide) groups is 1. The van der Waals surface area contributed by atoms with Gasteiger partial charge in [0.05, 0.1) is 24.9 Å². The number of halogens is 3. The predicted octanol–water partition coefficient (Wildman–Crippen LogP) is 5.87. The van der Waals surface area contributed by atoms with Crippen molar-refractivity contribution in [2.24, 2.45) is 4.99 Å². The van der Waals surface area contributed by atoms with Crippen molar-refractivity contribution in [1.29, 1.82) is 0 Å². The molecule has 1 unspecified atom stereocenters. The number of hydrogen-bond acceptors (Lipinski definition) is 5. The summed E-state index contributed by atoms with van der Waals surface area (Å²) < 4.78 is 44.8. The Balaban J connectivity index is 1.62. The van der Waals surface area contributed by atoms with E-state index in [9.17, 15) is 22.8 Å². The number of ether oxygens (including phenoxy) is 1. The molecule has 10 heteroatoms. The van der Waals surface area contributed by atoms with Crippen LogP contribution in [-0.2, 0) is 22.3 Å². The molecule has 186 valence electrons. The minimum Gasteiger partial charge on any atom is -0.497 e. The van der Waals surface area contributed by atoms with Gasteiger partial charge in [-0.3, -0.25) is 14.5 Å². The molecule has 0 spiro atoms. The number of methoxy groups -OCH3 is 1. The fourth-order valence-electron chi connectivity index (χ4n) is 3.52. The van der Waals surface area contributed by atoms with Crippen molar-refractivity contribution >= 4 is 40.1 Å². The van der Waals surface area contributed by atoms with Crippen LogP contribution < -0.4 is 10.1 Å². The Labute approximate surface area is 210 Å². The van der Waals surface area contributed by atoms with Gasteiger partial charge in [0.25, 0.3) is 0 Å². The molecule has 0 bridgehead atoms. The van der Waals surface area contributed by atoms with Crippen LogP contribution in [-0.4, -0.2) is 34.2 Å². The van der Waals surface area contributed by atoms with Gasteiger partial charge in [0.15, 0.2) is 5.17 Å². The van der Waals surface area contributed by atoms with E-state index in [0.717, 1.165) is 29.5 Å². The van der Waals surface area contributed by atoms with Crippen LogP contribution in [0, 0.1) is 0 Å². The van der Waals surface area contributed by atoms with Gasteiger partial charge in [-0.15, -0.1) is 0 Å². The van der Waals surface area contributed by atoms with Gasteiger partial charge in [-0.05, 0) is 48.0 Å². The van der Waals surface area contributed by atoms with E-state index in [4.69, 9.17) is 4.74 Å². The number of carbonyl (C=O) groups excluding carboxylic acids is 2. The summed E-state index contributed by atoms with van der Waals surface area (Å²) in [6.07, 6.45) is -4.61. The SMILES string of the molecule is COc1ccc(NC(=O)C2CC(=O)N(Cc3ccccc3)C(=Nc3cccc(C(F)(F)F)c3)S2)cc1. The van der Waals surface area contributed by atoms with Crippen molar-refractivity contribution in [2.75, 3.05) is 12.4 Å². The third-order valence-electron chi connectivity index (χ3n) is 5.37. The Kier molecular flexibility index (Phi) is 7.64. The molecule has 1 saturated heterocycles. The minimum atomic E-state index is -4.53. The zero-order chi connectivity index (χ0) is 25.7. The maximum atomic E-state index is 13.2. The summed E-state index contributed by atoms with van der Waals surface area (Å²) in [7, 11) is 1.53. The predicted molar refractivity (Wildman–Crippen MR) is 133 cm³/mol. The highest BCUT2D eigenvalue weighted by Crippen LogP contribution is 2.34. The van der Waals surface area contributed by atoms with Crippen LogP contribution in [0.3, 0.4) is 0 Å². The molecule has 1 fully saturated rings. The number of nitrogens with one attached hydrogen (secondary N) is 1. The zero-order valence-electron chi connectivity index (χ0n) is 19.2. The van der Waals surface area contributed by atoms with E-state index in [1.807, 2.05) is 30.3 Å². The van der Waals surface area contributed by atoms with E-state index in [1.54, 1.807) is 24.3 Å². The number of benzene rings is 3. The molecule has 1 N–H and O–H groups in total. The number of rotatable bonds is 6. The summed E-state index contributed by atoms with van der Waals surface area (Å²) in [5.41, 5.74) is 0.538. The number of carbonyl (C=O) groups is 2. The maximum absolute atomic E-state index is 13.2. The molecular weight excluding hydrogens is 491 g/mol. The molecule has 1 aliphatic rings. The second kappa shape index (κ2) is 10.9. The summed E-state index contributed by atoms with van der Waals surface area (Å²) in [6.45, 7) is 0.178. The molecule has 1 atom stereocenters. The molecule has 0 saturated carbocycles. The van der Waals surface area contributed by atoms with Crippen molar-refractivity contribution in [2.45, 2.75) is 24.4 Å². The van der Waals surface area contributed by atoms with Crippen LogP contribution in [0.15, 0.2) is 83.9 Å². The molecule has 36 heavy (non-hydrogen) atoms. The molecule has 4 rings (SSSR count). The largest absolute Gasteiger partial charge is 0.497 e. The van der Waals surface area contributed by atoms with Crippen LogP contribution in [0.5, 0.6) is 5.75 Å². The summed E-state index contributed by atoms with van der Waals surface area (Å²) in [5.74, 6) is -0.130. The fourth-order valence-corrected chi connectivity index (χ4v) is 4.62. The fraction of sp³-hybridized carbons (Fsp3) is 0.192. The molecule has 1 aliphatic heterocycles. The lowest BCUT2D eigenvalue weighted by Gasteiger charge is -2.32. The Morgan fingerprint density at radius 3 is 2.47 bits per heavy atom. The van der Waals surface area contributed by atoms with Gasteiger partial charge in [0, 0.05) is 12.1 Å². The van der Waals surface area contributed by atoms with E-state index in [1.165, 1.54) is 24.1 Å². The molecule has 3 aromatic rings. The molecule has 1 heterocycles. The quantitative estimate of drug-likeness (QED) is 0.447. The van der Waals surface area contributed by atoms with Gasteiger partial charge < -0.3 is 10.1 Å². The van der Waals surface area contributed by atoms with Gasteiger partial charge in [0.2, 0.25) is 11.8 Å². The Morgan fingerprint density at radius 1 is 1.08 bits per heavy atom. The average Bonchev–Trinajstić information content (AvgIpc) is 2.86. The molecule has 2 amide bonds. The summed E-state index contributed by atoms with van der Waals surface area (Å²) >= 11 is 1.04. The minimum absolute atomic E-state index is 0.0365. The summed E-state index contributed by atoms with van der Waals surface area (Å²) in [6, 6.07) is 20.4. The molecule has 0 radical (unpaired) electrons. The van der Waals surface area contributed by atoms with Gasteiger partial charge >= 0.3 is 6.18 Å². The number of aliphatic imine (C=N–C) groups is 1. The Bertz CT molecular complexity index is 1260. The molecule has 0 aliphatic carbocycles. The van der Waals surface area contributed by atoms with Crippen LogP contribution in [0.25, 0.3) is 0 Å². The lowest BCUT2D eigenvalue weighted by atomic mass is 10.2. The average molecular weight is 514 g/mol. The Morgan fingerprint density at radius 2 is 1.81 bits per heavy atom. The van der Waals surface area contributed by atoms with Crippen LogP contribution >= 0.6 is 11.8 Å². The number of alkyl halides is 3. The number of anilines is 1. The highest BCUT2D eigenvalue weighted by Gasteiger charge is 2.36.